The monoisotopic (exact) mass is 205 g/mol. The van der Waals surface area contributed by atoms with Crippen LogP contribution in [0.3, 0.4) is 0 Å². The second-order valence-electron chi connectivity index (χ2n) is 4.90. The van der Waals surface area contributed by atoms with Crippen LogP contribution >= 0.6 is 0 Å². The molecule has 1 aliphatic rings. The van der Waals surface area contributed by atoms with E-state index in [4.69, 9.17) is 4.74 Å². The van der Waals surface area contributed by atoms with Gasteiger partial charge in [-0.15, -0.1) is 0 Å². The molecule has 2 heteroatoms. The van der Waals surface area contributed by atoms with E-state index in [0.717, 1.165) is 26.3 Å². The number of aryl methyl sites for hydroxylation is 1. The van der Waals surface area contributed by atoms with Crippen LogP contribution in [0.4, 0.5) is 0 Å². The van der Waals surface area contributed by atoms with Crippen molar-refractivity contribution in [1.82, 2.24) is 5.32 Å². The lowest BCUT2D eigenvalue weighted by atomic mass is 9.89. The largest absolute Gasteiger partial charge is 0.380 e. The number of hydrogen-bond acceptors (Lipinski definition) is 2. The molecule has 2 rings (SSSR count). The predicted octanol–water partition coefficient (Wildman–Crippen LogP) is 2.12. The van der Waals surface area contributed by atoms with Crippen molar-refractivity contribution in [2.24, 2.45) is 5.41 Å². The Labute approximate surface area is 91.6 Å². The molecular formula is C13H19NO. The van der Waals surface area contributed by atoms with Gasteiger partial charge in [-0.2, -0.15) is 0 Å². The first kappa shape index (κ1) is 10.7. The second kappa shape index (κ2) is 4.33. The SMILES string of the molecule is Cc1cccc(CNCC2(C)COC2)c1. The third-order valence-electron chi connectivity index (χ3n) is 2.86. The van der Waals surface area contributed by atoms with Crippen LogP contribution in [-0.4, -0.2) is 19.8 Å². The molecule has 1 fully saturated rings. The Morgan fingerprint density at radius 1 is 1.40 bits per heavy atom. The normalized spacial score (nSPS) is 18.5. The molecule has 1 aliphatic heterocycles. The number of ether oxygens (including phenoxy) is 1. The van der Waals surface area contributed by atoms with Gasteiger partial charge >= 0.3 is 0 Å². The summed E-state index contributed by atoms with van der Waals surface area (Å²) in [6.45, 7) is 8.18. The smallest absolute Gasteiger partial charge is 0.0554 e. The van der Waals surface area contributed by atoms with E-state index in [9.17, 15) is 0 Å². The van der Waals surface area contributed by atoms with E-state index in [1.54, 1.807) is 0 Å². The molecule has 0 atom stereocenters. The summed E-state index contributed by atoms with van der Waals surface area (Å²) in [6.07, 6.45) is 0. The molecule has 0 bridgehead atoms. The maximum Gasteiger partial charge on any atom is 0.0554 e. The van der Waals surface area contributed by atoms with Crippen LogP contribution in [-0.2, 0) is 11.3 Å². The second-order valence-corrected chi connectivity index (χ2v) is 4.90. The van der Waals surface area contributed by atoms with E-state index < -0.39 is 0 Å². The number of hydrogen-bond donors (Lipinski definition) is 1. The first-order chi connectivity index (χ1) is 7.18. The van der Waals surface area contributed by atoms with Gasteiger partial charge in [0, 0.05) is 18.5 Å². The van der Waals surface area contributed by atoms with Crippen molar-refractivity contribution >= 4 is 0 Å². The number of benzene rings is 1. The Kier molecular flexibility index (Phi) is 3.08. The molecular weight excluding hydrogens is 186 g/mol. The van der Waals surface area contributed by atoms with Crippen LogP contribution in [0.2, 0.25) is 0 Å². The highest BCUT2D eigenvalue weighted by molar-refractivity contribution is 5.21. The summed E-state index contributed by atoms with van der Waals surface area (Å²) in [5, 5.41) is 3.49. The number of rotatable bonds is 4. The molecule has 0 aromatic heterocycles. The first-order valence-electron chi connectivity index (χ1n) is 5.52. The fourth-order valence-electron chi connectivity index (χ4n) is 1.88. The molecule has 0 unspecified atom stereocenters. The fraction of sp³-hybridized carbons (Fsp3) is 0.538. The van der Waals surface area contributed by atoms with Crippen molar-refractivity contribution in [3.8, 4) is 0 Å². The van der Waals surface area contributed by atoms with Crippen LogP contribution < -0.4 is 5.32 Å². The molecule has 1 aromatic rings. The van der Waals surface area contributed by atoms with E-state index in [1.807, 2.05) is 0 Å². The maximum absolute atomic E-state index is 5.22. The van der Waals surface area contributed by atoms with Crippen LogP contribution in [0.25, 0.3) is 0 Å². The zero-order valence-electron chi connectivity index (χ0n) is 9.55. The standard InChI is InChI=1S/C13H19NO/c1-11-4-3-5-12(6-11)7-14-8-13(2)9-15-10-13/h3-6,14H,7-10H2,1-2H3. The average Bonchev–Trinajstić information content (AvgIpc) is 2.15. The van der Waals surface area contributed by atoms with Crippen molar-refractivity contribution in [2.45, 2.75) is 20.4 Å². The summed E-state index contributed by atoms with van der Waals surface area (Å²) in [4.78, 5) is 0. The summed E-state index contributed by atoms with van der Waals surface area (Å²) in [7, 11) is 0. The Hall–Kier alpha value is -0.860. The van der Waals surface area contributed by atoms with Gasteiger partial charge in [0.05, 0.1) is 13.2 Å². The summed E-state index contributed by atoms with van der Waals surface area (Å²) in [5.74, 6) is 0. The highest BCUT2D eigenvalue weighted by atomic mass is 16.5. The van der Waals surface area contributed by atoms with E-state index in [-0.39, 0.29) is 0 Å². The lowest BCUT2D eigenvalue weighted by Gasteiger charge is -2.38. The lowest BCUT2D eigenvalue weighted by Crippen LogP contribution is -2.47. The Bertz CT molecular complexity index is 331. The molecule has 1 N–H and O–H groups in total. The topological polar surface area (TPSA) is 21.3 Å². The minimum absolute atomic E-state index is 0.365. The molecule has 1 saturated heterocycles. The van der Waals surface area contributed by atoms with Gasteiger partial charge in [0.1, 0.15) is 0 Å². The molecule has 0 amide bonds. The van der Waals surface area contributed by atoms with Gasteiger partial charge in [0.2, 0.25) is 0 Å². The van der Waals surface area contributed by atoms with Gasteiger partial charge in [0.15, 0.2) is 0 Å². The van der Waals surface area contributed by atoms with Crippen molar-refractivity contribution in [3.63, 3.8) is 0 Å². The molecule has 2 nitrogen and oxygen atoms in total. The first-order valence-corrected chi connectivity index (χ1v) is 5.52. The molecule has 0 radical (unpaired) electrons. The summed E-state index contributed by atoms with van der Waals surface area (Å²) in [5.41, 5.74) is 3.05. The minimum atomic E-state index is 0.365. The van der Waals surface area contributed by atoms with Crippen LogP contribution in [0.15, 0.2) is 24.3 Å². The summed E-state index contributed by atoms with van der Waals surface area (Å²) >= 11 is 0. The van der Waals surface area contributed by atoms with E-state index >= 15 is 0 Å². The molecule has 82 valence electrons. The van der Waals surface area contributed by atoms with Gasteiger partial charge in [-0.3, -0.25) is 0 Å². The Morgan fingerprint density at radius 2 is 2.20 bits per heavy atom. The molecule has 1 aromatic carbocycles. The lowest BCUT2D eigenvalue weighted by molar-refractivity contribution is -0.0991. The van der Waals surface area contributed by atoms with Gasteiger partial charge in [-0.1, -0.05) is 36.8 Å². The van der Waals surface area contributed by atoms with E-state index in [1.165, 1.54) is 11.1 Å². The zero-order valence-corrected chi connectivity index (χ0v) is 9.55. The third kappa shape index (κ3) is 2.80. The molecule has 1 heterocycles. The quantitative estimate of drug-likeness (QED) is 0.813. The van der Waals surface area contributed by atoms with E-state index in [0.29, 0.717) is 5.41 Å². The molecule has 0 saturated carbocycles. The van der Waals surface area contributed by atoms with Crippen LogP contribution in [0.5, 0.6) is 0 Å². The van der Waals surface area contributed by atoms with Gasteiger partial charge in [-0.05, 0) is 12.5 Å². The van der Waals surface area contributed by atoms with E-state index in [2.05, 4.69) is 43.4 Å². The van der Waals surface area contributed by atoms with Gasteiger partial charge in [0.25, 0.3) is 0 Å². The van der Waals surface area contributed by atoms with Crippen molar-refractivity contribution in [2.75, 3.05) is 19.8 Å². The highest BCUT2D eigenvalue weighted by Crippen LogP contribution is 2.25. The minimum Gasteiger partial charge on any atom is -0.380 e. The molecule has 0 aliphatic carbocycles. The average molecular weight is 205 g/mol. The van der Waals surface area contributed by atoms with Crippen molar-refractivity contribution in [1.29, 1.82) is 0 Å². The van der Waals surface area contributed by atoms with Crippen LogP contribution in [0, 0.1) is 12.3 Å². The molecule has 15 heavy (non-hydrogen) atoms. The Morgan fingerprint density at radius 3 is 2.80 bits per heavy atom. The summed E-state index contributed by atoms with van der Waals surface area (Å²) in [6, 6.07) is 8.64. The fourth-order valence-corrected chi connectivity index (χ4v) is 1.88. The predicted molar refractivity (Wildman–Crippen MR) is 61.8 cm³/mol. The van der Waals surface area contributed by atoms with Crippen molar-refractivity contribution < 1.29 is 4.74 Å². The van der Waals surface area contributed by atoms with Gasteiger partial charge < -0.3 is 10.1 Å². The Balaban J connectivity index is 1.78. The summed E-state index contributed by atoms with van der Waals surface area (Å²) < 4.78 is 5.22. The maximum atomic E-state index is 5.22. The number of nitrogens with one attached hydrogen (secondary N) is 1. The molecule has 0 spiro atoms. The highest BCUT2D eigenvalue weighted by Gasteiger charge is 2.32. The third-order valence-corrected chi connectivity index (χ3v) is 2.86. The van der Waals surface area contributed by atoms with Gasteiger partial charge in [-0.25, -0.2) is 0 Å². The zero-order chi connectivity index (χ0) is 10.7. The van der Waals surface area contributed by atoms with Crippen molar-refractivity contribution in [3.05, 3.63) is 35.4 Å². The van der Waals surface area contributed by atoms with Crippen LogP contribution in [0.1, 0.15) is 18.1 Å².